The fourth-order valence-electron chi connectivity index (χ4n) is 2.76. The summed E-state index contributed by atoms with van der Waals surface area (Å²) in [4.78, 5) is 47.2. The first kappa shape index (κ1) is 13.5. The van der Waals surface area contributed by atoms with Crippen LogP contribution < -0.4 is 0 Å². The number of nitrogens with zero attached hydrogens (tertiary/aromatic N) is 1. The molecule has 3 rings (SSSR count). The highest BCUT2D eigenvalue weighted by Crippen LogP contribution is 2.52. The summed E-state index contributed by atoms with van der Waals surface area (Å²) in [6, 6.07) is -1.51. The lowest BCUT2D eigenvalue weighted by atomic mass is 9.93. The van der Waals surface area contributed by atoms with Gasteiger partial charge < -0.3 is 14.9 Å². The van der Waals surface area contributed by atoms with Crippen LogP contribution in [0.15, 0.2) is 23.8 Å². The number of carboxylic acids is 2. The lowest BCUT2D eigenvalue weighted by molar-refractivity contribution is -0.155. The lowest BCUT2D eigenvalue weighted by Gasteiger charge is -2.21. The Balaban J connectivity index is 1.92. The Morgan fingerprint density at radius 3 is 2.67 bits per heavy atom. The number of imide groups is 1. The molecule has 2 amide bonds. The fraction of sp³-hybridized carbons (Fsp3) is 0.385. The van der Waals surface area contributed by atoms with Crippen molar-refractivity contribution in [2.75, 3.05) is 0 Å². The first-order chi connectivity index (χ1) is 9.89. The molecule has 0 aromatic rings. The van der Waals surface area contributed by atoms with Gasteiger partial charge in [0, 0.05) is 6.42 Å². The van der Waals surface area contributed by atoms with Crippen LogP contribution in [0.25, 0.3) is 0 Å². The van der Waals surface area contributed by atoms with Crippen molar-refractivity contribution in [3.63, 3.8) is 0 Å². The van der Waals surface area contributed by atoms with E-state index >= 15 is 0 Å². The Bertz CT molecular complexity index is 634. The number of hydrogen-bond acceptors (Lipinski definition) is 5. The van der Waals surface area contributed by atoms with Gasteiger partial charge in [-0.2, -0.15) is 0 Å². The molecule has 21 heavy (non-hydrogen) atoms. The molecule has 0 radical (unpaired) electrons. The average Bonchev–Trinajstić information content (AvgIpc) is 3.12. The highest BCUT2D eigenvalue weighted by molar-refractivity contribution is 6.22. The van der Waals surface area contributed by atoms with Crippen LogP contribution in [0.5, 0.6) is 0 Å². The minimum Gasteiger partial charge on any atom is -0.481 e. The van der Waals surface area contributed by atoms with Crippen molar-refractivity contribution in [2.45, 2.75) is 30.6 Å². The zero-order valence-electron chi connectivity index (χ0n) is 10.7. The lowest BCUT2D eigenvalue weighted by Crippen LogP contribution is -2.46. The number of rotatable bonds is 5. The second kappa shape index (κ2) is 4.26. The van der Waals surface area contributed by atoms with Crippen LogP contribution in [-0.2, 0) is 23.9 Å². The van der Waals surface area contributed by atoms with E-state index in [0.29, 0.717) is 4.90 Å². The van der Waals surface area contributed by atoms with Crippen molar-refractivity contribution in [1.82, 2.24) is 4.90 Å². The average molecular weight is 293 g/mol. The SMILES string of the molecule is O=C(O)CCC(C(=O)O)N1C(=O)C2=CC=C[C@@H]3OC23C1=O. The molecule has 2 aliphatic heterocycles. The van der Waals surface area contributed by atoms with Crippen LogP contribution in [0.3, 0.4) is 0 Å². The van der Waals surface area contributed by atoms with E-state index in [2.05, 4.69) is 0 Å². The number of epoxide rings is 1. The number of likely N-dealkylation sites (tertiary alicyclic amines) is 1. The minimum absolute atomic E-state index is 0.113. The van der Waals surface area contributed by atoms with E-state index in [1.54, 1.807) is 12.2 Å². The van der Waals surface area contributed by atoms with E-state index in [-0.39, 0.29) is 12.0 Å². The minimum atomic E-state index is -1.51. The molecule has 0 aromatic heterocycles. The molecule has 0 bridgehead atoms. The highest BCUT2D eigenvalue weighted by Gasteiger charge is 2.73. The standard InChI is InChI=1S/C13H11NO7/c15-9(16)5-4-7(11(18)19)14-10(17)6-2-1-3-8-13(6,21-8)12(14)20/h1-3,7-8H,4-5H2,(H,15,16)(H,18,19)/t7?,8-,13?/m0/s1. The molecule has 0 aromatic carbocycles. The molecule has 2 N–H and O–H groups in total. The normalized spacial score (nSPS) is 30.6. The molecular weight excluding hydrogens is 282 g/mol. The van der Waals surface area contributed by atoms with Crippen molar-refractivity contribution in [2.24, 2.45) is 0 Å². The monoisotopic (exact) mass is 293 g/mol. The predicted molar refractivity (Wildman–Crippen MR) is 65.0 cm³/mol. The topological polar surface area (TPSA) is 125 Å². The number of amides is 2. The maximum absolute atomic E-state index is 12.4. The van der Waals surface area contributed by atoms with E-state index in [4.69, 9.17) is 9.84 Å². The van der Waals surface area contributed by atoms with Gasteiger partial charge in [0.15, 0.2) is 0 Å². The van der Waals surface area contributed by atoms with E-state index < -0.39 is 47.9 Å². The first-order valence-electron chi connectivity index (χ1n) is 6.29. The molecule has 1 aliphatic carbocycles. The van der Waals surface area contributed by atoms with Crippen LogP contribution in [0.2, 0.25) is 0 Å². The maximum Gasteiger partial charge on any atom is 0.326 e. The molecule has 2 heterocycles. The summed E-state index contributed by atoms with van der Waals surface area (Å²) >= 11 is 0. The van der Waals surface area contributed by atoms with Gasteiger partial charge >= 0.3 is 11.9 Å². The Hall–Kier alpha value is -2.48. The van der Waals surface area contributed by atoms with Gasteiger partial charge in [-0.3, -0.25) is 19.3 Å². The van der Waals surface area contributed by atoms with E-state index in [0.717, 1.165) is 0 Å². The molecule has 8 heteroatoms. The summed E-state index contributed by atoms with van der Waals surface area (Å²) < 4.78 is 5.28. The van der Waals surface area contributed by atoms with Crippen LogP contribution in [0.4, 0.5) is 0 Å². The fourth-order valence-corrected chi connectivity index (χ4v) is 2.76. The molecule has 0 saturated carbocycles. The Morgan fingerprint density at radius 1 is 1.38 bits per heavy atom. The summed E-state index contributed by atoms with van der Waals surface area (Å²) in [5.74, 6) is -4.08. The van der Waals surface area contributed by atoms with Crippen molar-refractivity contribution >= 4 is 23.8 Å². The van der Waals surface area contributed by atoms with E-state index in [9.17, 15) is 24.3 Å². The maximum atomic E-state index is 12.4. The van der Waals surface area contributed by atoms with E-state index in [1.807, 2.05) is 0 Å². The summed E-state index contributed by atoms with van der Waals surface area (Å²) in [6.45, 7) is 0. The van der Waals surface area contributed by atoms with Gasteiger partial charge in [-0.15, -0.1) is 0 Å². The zero-order valence-corrected chi connectivity index (χ0v) is 10.7. The van der Waals surface area contributed by atoms with Gasteiger partial charge in [0.2, 0.25) is 5.60 Å². The molecule has 2 fully saturated rings. The molecule has 3 aliphatic rings. The number of carboxylic acid groups (broad SMARTS) is 2. The second-order valence-corrected chi connectivity index (χ2v) is 5.01. The number of carbonyl (C=O) groups is 4. The van der Waals surface area contributed by atoms with Gasteiger partial charge in [-0.25, -0.2) is 4.79 Å². The number of carbonyl (C=O) groups excluding carboxylic acids is 2. The van der Waals surface area contributed by atoms with Gasteiger partial charge in [0.05, 0.1) is 5.57 Å². The molecule has 2 unspecified atom stereocenters. The summed E-state index contributed by atoms with van der Waals surface area (Å²) in [7, 11) is 0. The molecule has 3 atom stereocenters. The van der Waals surface area contributed by atoms with Gasteiger partial charge in [-0.1, -0.05) is 18.2 Å². The van der Waals surface area contributed by atoms with Crippen molar-refractivity contribution in [3.8, 4) is 0 Å². The Morgan fingerprint density at radius 2 is 2.10 bits per heavy atom. The van der Waals surface area contributed by atoms with Crippen molar-refractivity contribution in [1.29, 1.82) is 0 Å². The predicted octanol–water partition coefficient (Wildman–Crippen LogP) is -0.693. The quantitative estimate of drug-likeness (QED) is 0.507. The summed E-state index contributed by atoms with van der Waals surface area (Å²) in [5.41, 5.74) is -1.27. The number of allylic oxidation sites excluding steroid dienone is 2. The second-order valence-electron chi connectivity index (χ2n) is 5.01. The van der Waals surface area contributed by atoms with Gasteiger partial charge in [-0.05, 0) is 6.42 Å². The molecular formula is C13H11NO7. The van der Waals surface area contributed by atoms with Crippen molar-refractivity contribution in [3.05, 3.63) is 23.8 Å². The number of ether oxygens (including phenoxy) is 1. The van der Waals surface area contributed by atoms with Crippen LogP contribution in [0, 0.1) is 0 Å². The van der Waals surface area contributed by atoms with Crippen molar-refractivity contribution < 1.29 is 34.1 Å². The van der Waals surface area contributed by atoms with Crippen LogP contribution in [-0.4, -0.2) is 56.6 Å². The third kappa shape index (κ3) is 1.72. The number of hydrogen-bond donors (Lipinski definition) is 2. The largest absolute Gasteiger partial charge is 0.481 e. The first-order valence-corrected chi connectivity index (χ1v) is 6.29. The van der Waals surface area contributed by atoms with E-state index in [1.165, 1.54) is 6.08 Å². The molecule has 8 nitrogen and oxygen atoms in total. The molecule has 110 valence electrons. The zero-order chi connectivity index (χ0) is 15.4. The third-order valence-electron chi connectivity index (χ3n) is 3.82. The van der Waals surface area contributed by atoms with Gasteiger partial charge in [0.1, 0.15) is 12.1 Å². The Kier molecular flexibility index (Phi) is 2.74. The van der Waals surface area contributed by atoms with Gasteiger partial charge in [0.25, 0.3) is 11.8 Å². The summed E-state index contributed by atoms with van der Waals surface area (Å²) in [6.07, 6.45) is 3.28. The highest BCUT2D eigenvalue weighted by atomic mass is 16.6. The Labute approximate surface area is 118 Å². The molecule has 2 saturated heterocycles. The third-order valence-corrected chi connectivity index (χ3v) is 3.82. The number of aliphatic carboxylic acids is 2. The molecule has 1 spiro atoms. The summed E-state index contributed by atoms with van der Waals surface area (Å²) in [5, 5.41) is 17.9. The van der Waals surface area contributed by atoms with Crippen LogP contribution >= 0.6 is 0 Å². The van der Waals surface area contributed by atoms with Crippen LogP contribution in [0.1, 0.15) is 12.8 Å². The smallest absolute Gasteiger partial charge is 0.326 e.